The molecule has 1 saturated carbocycles. The van der Waals surface area contributed by atoms with Gasteiger partial charge in [0, 0.05) is 18.9 Å². The topological polar surface area (TPSA) is 93.1 Å². The smallest absolute Gasteiger partial charge is 0.416 e. The fourth-order valence-electron chi connectivity index (χ4n) is 5.37. The van der Waals surface area contributed by atoms with E-state index < -0.39 is 68.4 Å². The van der Waals surface area contributed by atoms with Crippen molar-refractivity contribution in [2.75, 3.05) is 10.8 Å². The number of carboxylic acid groups (broad SMARTS) is 1. The third-order valence-electron chi connectivity index (χ3n) is 7.11. The van der Waals surface area contributed by atoms with Crippen molar-refractivity contribution in [3.63, 3.8) is 0 Å². The molecule has 218 valence electrons. The van der Waals surface area contributed by atoms with Crippen molar-refractivity contribution in [1.82, 2.24) is 0 Å². The second-order valence-corrected chi connectivity index (χ2v) is 12.1. The molecule has 1 spiro atoms. The van der Waals surface area contributed by atoms with Crippen molar-refractivity contribution in [1.29, 1.82) is 0 Å². The lowest BCUT2D eigenvalue weighted by molar-refractivity contribution is -0.171. The van der Waals surface area contributed by atoms with Crippen LogP contribution in [0.4, 0.5) is 32.0 Å². The number of aliphatic carboxylic acids is 1. The maximum absolute atomic E-state index is 14.2. The van der Waals surface area contributed by atoms with Crippen LogP contribution in [0.25, 0.3) is 11.1 Å². The number of fused-ring (bicyclic) bond motifs is 1. The molecular weight excluding hydrogens is 580 g/mol. The average Bonchev–Trinajstić information content (AvgIpc) is 2.86. The number of carboxylic acids is 1. The van der Waals surface area contributed by atoms with Gasteiger partial charge in [-0.1, -0.05) is 12.1 Å². The molecule has 0 aromatic heterocycles. The van der Waals surface area contributed by atoms with Gasteiger partial charge in [0.2, 0.25) is 0 Å². The first-order valence-corrected chi connectivity index (χ1v) is 13.5. The van der Waals surface area contributed by atoms with Gasteiger partial charge >= 0.3 is 18.8 Å². The average molecular weight is 602 g/mol. The minimum atomic E-state index is -4.82. The van der Waals surface area contributed by atoms with E-state index in [0.29, 0.717) is 6.07 Å². The van der Waals surface area contributed by atoms with Crippen LogP contribution in [0.1, 0.15) is 25.3 Å². The number of halogens is 6. The van der Waals surface area contributed by atoms with E-state index >= 15 is 0 Å². The zero-order valence-electron chi connectivity index (χ0n) is 21.1. The van der Waals surface area contributed by atoms with E-state index in [4.69, 9.17) is 4.74 Å². The molecule has 0 atom stereocenters. The van der Waals surface area contributed by atoms with Gasteiger partial charge in [-0.2, -0.15) is 22.0 Å². The molecule has 3 aromatic rings. The highest BCUT2D eigenvalue weighted by atomic mass is 32.2. The molecule has 41 heavy (non-hydrogen) atoms. The number of benzene rings is 3. The van der Waals surface area contributed by atoms with Gasteiger partial charge in [-0.15, -0.1) is 0 Å². The number of hydrogen-bond donors (Lipinski definition) is 1. The molecule has 0 saturated heterocycles. The van der Waals surface area contributed by atoms with Crippen LogP contribution >= 0.6 is 0 Å². The lowest BCUT2D eigenvalue weighted by atomic mass is 9.59. The number of anilines is 1. The maximum Gasteiger partial charge on any atom is 0.416 e. The van der Waals surface area contributed by atoms with Crippen LogP contribution in [0.15, 0.2) is 65.6 Å². The van der Waals surface area contributed by atoms with Gasteiger partial charge in [0.1, 0.15) is 22.9 Å². The summed E-state index contributed by atoms with van der Waals surface area (Å²) in [4.78, 5) is 11.1. The van der Waals surface area contributed by atoms with E-state index in [9.17, 15) is 44.7 Å². The SMILES string of the molecule is CC1(C(=O)O)CC2(CN(S(=O)(=O)c3cccc(C(F)(F)F)c3)c3cc(-c4cc(F)cc(OC(F)F)c4)ccc3O2)C1. The quantitative estimate of drug-likeness (QED) is 0.333. The zero-order valence-corrected chi connectivity index (χ0v) is 21.9. The number of alkyl halides is 5. The van der Waals surface area contributed by atoms with E-state index in [-0.39, 0.29) is 35.4 Å². The normalized spacial score (nSPS) is 22.2. The van der Waals surface area contributed by atoms with Crippen molar-refractivity contribution in [2.24, 2.45) is 5.41 Å². The largest absolute Gasteiger partial charge is 0.483 e. The van der Waals surface area contributed by atoms with E-state index in [1.54, 1.807) is 0 Å². The number of carbonyl (C=O) groups is 1. The van der Waals surface area contributed by atoms with Crippen molar-refractivity contribution in [3.05, 3.63) is 72.0 Å². The Bertz CT molecular complexity index is 1640. The minimum absolute atomic E-state index is 0.0107. The van der Waals surface area contributed by atoms with E-state index in [2.05, 4.69) is 4.74 Å². The van der Waals surface area contributed by atoms with Crippen LogP contribution in [-0.4, -0.2) is 38.3 Å². The van der Waals surface area contributed by atoms with Crippen molar-refractivity contribution >= 4 is 21.7 Å². The first-order chi connectivity index (χ1) is 19.0. The number of nitrogens with zero attached hydrogens (tertiary/aromatic N) is 1. The summed E-state index contributed by atoms with van der Waals surface area (Å²) < 4.78 is 119. The molecule has 0 radical (unpaired) electrons. The van der Waals surface area contributed by atoms with Gasteiger partial charge in [0.15, 0.2) is 0 Å². The van der Waals surface area contributed by atoms with Crippen molar-refractivity contribution in [3.8, 4) is 22.6 Å². The predicted molar refractivity (Wildman–Crippen MR) is 133 cm³/mol. The summed E-state index contributed by atoms with van der Waals surface area (Å²) in [7, 11) is -4.69. The molecule has 3 aromatic carbocycles. The van der Waals surface area contributed by atoms with Crippen LogP contribution in [0.2, 0.25) is 0 Å². The standard InChI is InChI=1S/C27H21F6NO6S/c1-25(23(35)36)12-26(13-25)14-34(41(37,38)20-4-2-3-17(10-20)27(31,32)33)21-9-15(5-6-22(21)40-26)16-7-18(28)11-19(8-16)39-24(29)30/h2-11,24H,12-14H2,1H3,(H,35,36). The van der Waals surface area contributed by atoms with Gasteiger partial charge in [0.25, 0.3) is 10.0 Å². The fraction of sp³-hybridized carbons (Fsp3) is 0.296. The summed E-state index contributed by atoms with van der Waals surface area (Å²) in [6.07, 6.45) is -4.98. The fourth-order valence-corrected chi connectivity index (χ4v) is 6.96. The molecular formula is C27H21F6NO6S. The number of ether oxygens (including phenoxy) is 2. The summed E-state index contributed by atoms with van der Waals surface area (Å²) >= 11 is 0. The highest BCUT2D eigenvalue weighted by Gasteiger charge is 2.61. The zero-order chi connectivity index (χ0) is 30.0. The summed E-state index contributed by atoms with van der Waals surface area (Å²) in [5.74, 6) is -2.53. The van der Waals surface area contributed by atoms with E-state index in [1.165, 1.54) is 25.1 Å². The monoisotopic (exact) mass is 601 g/mol. The number of sulfonamides is 1. The Morgan fingerprint density at radius 2 is 1.76 bits per heavy atom. The van der Waals surface area contributed by atoms with E-state index in [1.807, 2.05) is 0 Å². The van der Waals surface area contributed by atoms with Crippen LogP contribution in [0, 0.1) is 11.2 Å². The Kier molecular flexibility index (Phi) is 6.67. The first-order valence-electron chi connectivity index (χ1n) is 12.0. The summed E-state index contributed by atoms with van der Waals surface area (Å²) in [6, 6.07) is 10.0. The highest BCUT2D eigenvalue weighted by Crippen LogP contribution is 2.55. The Hall–Kier alpha value is -3.94. The highest BCUT2D eigenvalue weighted by molar-refractivity contribution is 7.92. The van der Waals surface area contributed by atoms with Crippen LogP contribution in [0.5, 0.6) is 11.5 Å². The molecule has 1 aliphatic heterocycles. The number of rotatable bonds is 6. The molecule has 0 bridgehead atoms. The lowest BCUT2D eigenvalue weighted by Gasteiger charge is -2.55. The molecule has 7 nitrogen and oxygen atoms in total. The molecule has 1 aliphatic carbocycles. The van der Waals surface area contributed by atoms with Crippen LogP contribution in [-0.2, 0) is 21.0 Å². The number of hydrogen-bond acceptors (Lipinski definition) is 5. The van der Waals surface area contributed by atoms with Gasteiger partial charge < -0.3 is 14.6 Å². The van der Waals surface area contributed by atoms with Gasteiger partial charge in [-0.3, -0.25) is 9.10 Å². The molecule has 5 rings (SSSR count). The van der Waals surface area contributed by atoms with Gasteiger partial charge in [0.05, 0.1) is 28.1 Å². The summed E-state index contributed by atoms with van der Waals surface area (Å²) in [5.41, 5.74) is -3.60. The molecule has 14 heteroatoms. The Morgan fingerprint density at radius 1 is 1.05 bits per heavy atom. The first kappa shape index (κ1) is 28.6. The second-order valence-electron chi connectivity index (χ2n) is 10.3. The molecule has 2 aliphatic rings. The summed E-state index contributed by atoms with van der Waals surface area (Å²) in [6.45, 7) is -2.19. The van der Waals surface area contributed by atoms with Crippen LogP contribution < -0.4 is 13.8 Å². The van der Waals surface area contributed by atoms with Crippen molar-refractivity contribution in [2.45, 2.75) is 43.0 Å². The molecule has 0 amide bonds. The Labute approximate surface area is 230 Å². The molecule has 1 fully saturated rings. The van der Waals surface area contributed by atoms with Crippen LogP contribution in [0.3, 0.4) is 0 Å². The molecule has 1 heterocycles. The molecule has 0 unspecified atom stereocenters. The summed E-state index contributed by atoms with van der Waals surface area (Å²) in [5, 5.41) is 9.59. The third-order valence-corrected chi connectivity index (χ3v) is 8.86. The van der Waals surface area contributed by atoms with E-state index in [0.717, 1.165) is 40.7 Å². The Balaban J connectivity index is 1.62. The predicted octanol–water partition coefficient (Wildman–Crippen LogP) is 6.32. The lowest BCUT2D eigenvalue weighted by Crippen LogP contribution is -2.64. The third kappa shape index (κ3) is 5.27. The minimum Gasteiger partial charge on any atom is -0.483 e. The maximum atomic E-state index is 14.2. The molecule has 1 N–H and O–H groups in total. The van der Waals surface area contributed by atoms with Gasteiger partial charge in [-0.05, 0) is 60.5 Å². The van der Waals surface area contributed by atoms with Crippen molar-refractivity contribution < 1.29 is 54.1 Å². The Morgan fingerprint density at radius 3 is 2.39 bits per heavy atom. The second kappa shape index (κ2) is 9.57. The van der Waals surface area contributed by atoms with Gasteiger partial charge in [-0.25, -0.2) is 12.8 Å².